The van der Waals surface area contributed by atoms with Crippen molar-refractivity contribution in [1.29, 1.82) is 0 Å². The fourth-order valence-electron chi connectivity index (χ4n) is 1.29. The van der Waals surface area contributed by atoms with Gasteiger partial charge in [-0.25, -0.2) is 0 Å². The number of benzene rings is 1. The van der Waals surface area contributed by atoms with Gasteiger partial charge >= 0.3 is 0 Å². The van der Waals surface area contributed by atoms with Crippen LogP contribution in [0.2, 0.25) is 0 Å². The SMILES string of the molecule is CCCCCc1ccc(O)c(I)c1. The molecule has 0 radical (unpaired) electrons. The van der Waals surface area contributed by atoms with Gasteiger partial charge in [-0.2, -0.15) is 0 Å². The Hall–Kier alpha value is -0.250. The van der Waals surface area contributed by atoms with E-state index in [-0.39, 0.29) is 0 Å². The molecule has 0 heterocycles. The van der Waals surface area contributed by atoms with Crippen LogP contribution in [0.25, 0.3) is 0 Å². The molecular weight excluding hydrogens is 275 g/mol. The van der Waals surface area contributed by atoms with Gasteiger partial charge in [-0.15, -0.1) is 0 Å². The van der Waals surface area contributed by atoms with Gasteiger partial charge < -0.3 is 5.11 Å². The van der Waals surface area contributed by atoms with Gasteiger partial charge in [-0.3, -0.25) is 0 Å². The lowest BCUT2D eigenvalue weighted by atomic mass is 10.1. The summed E-state index contributed by atoms with van der Waals surface area (Å²) in [7, 11) is 0. The zero-order valence-electron chi connectivity index (χ0n) is 7.89. The number of hydrogen-bond acceptors (Lipinski definition) is 1. The third-order valence-electron chi connectivity index (χ3n) is 2.08. The molecule has 1 aromatic carbocycles. The summed E-state index contributed by atoms with van der Waals surface area (Å²) in [4.78, 5) is 0. The molecule has 13 heavy (non-hydrogen) atoms. The Morgan fingerprint density at radius 2 is 2.08 bits per heavy atom. The number of halogens is 1. The van der Waals surface area contributed by atoms with E-state index in [2.05, 4.69) is 35.6 Å². The zero-order valence-corrected chi connectivity index (χ0v) is 10.0. The highest BCUT2D eigenvalue weighted by molar-refractivity contribution is 14.1. The van der Waals surface area contributed by atoms with E-state index >= 15 is 0 Å². The van der Waals surface area contributed by atoms with Crippen molar-refractivity contribution in [3.8, 4) is 5.75 Å². The average Bonchev–Trinajstić information content (AvgIpc) is 2.12. The Morgan fingerprint density at radius 1 is 1.31 bits per heavy atom. The maximum absolute atomic E-state index is 9.31. The Kier molecular flexibility index (Phi) is 4.56. The summed E-state index contributed by atoms with van der Waals surface area (Å²) in [5, 5.41) is 9.31. The largest absolute Gasteiger partial charge is 0.507 e. The van der Waals surface area contributed by atoms with Gasteiger partial charge in [-0.1, -0.05) is 25.8 Å². The van der Waals surface area contributed by atoms with Crippen molar-refractivity contribution in [2.24, 2.45) is 0 Å². The molecule has 0 aliphatic rings. The number of hydrogen-bond donors (Lipinski definition) is 1. The van der Waals surface area contributed by atoms with Crippen molar-refractivity contribution in [3.63, 3.8) is 0 Å². The molecule has 1 rings (SSSR count). The minimum absolute atomic E-state index is 0.389. The maximum Gasteiger partial charge on any atom is 0.128 e. The first-order valence-electron chi connectivity index (χ1n) is 4.71. The smallest absolute Gasteiger partial charge is 0.128 e. The first-order valence-corrected chi connectivity index (χ1v) is 5.79. The normalized spacial score (nSPS) is 10.3. The molecule has 1 N–H and O–H groups in total. The van der Waals surface area contributed by atoms with Gasteiger partial charge in [0, 0.05) is 0 Å². The van der Waals surface area contributed by atoms with Gasteiger partial charge in [0.2, 0.25) is 0 Å². The molecule has 1 aromatic rings. The van der Waals surface area contributed by atoms with E-state index < -0.39 is 0 Å². The quantitative estimate of drug-likeness (QED) is 0.661. The van der Waals surface area contributed by atoms with Crippen LogP contribution in [0.4, 0.5) is 0 Å². The fraction of sp³-hybridized carbons (Fsp3) is 0.455. The molecule has 0 aliphatic heterocycles. The Morgan fingerprint density at radius 3 is 2.69 bits per heavy atom. The van der Waals surface area contributed by atoms with Gasteiger partial charge in [0.1, 0.15) is 5.75 Å². The van der Waals surface area contributed by atoms with E-state index in [9.17, 15) is 5.11 Å². The van der Waals surface area contributed by atoms with Crippen LogP contribution in [-0.4, -0.2) is 5.11 Å². The molecule has 0 unspecified atom stereocenters. The lowest BCUT2D eigenvalue weighted by Crippen LogP contribution is -1.86. The highest BCUT2D eigenvalue weighted by Crippen LogP contribution is 2.21. The highest BCUT2D eigenvalue weighted by atomic mass is 127. The molecule has 0 aliphatic carbocycles. The standard InChI is InChI=1S/C11H15IO/c1-2-3-4-5-9-6-7-11(13)10(12)8-9/h6-8,13H,2-5H2,1H3. The molecule has 2 heteroatoms. The van der Waals surface area contributed by atoms with Gasteiger partial charge in [0.05, 0.1) is 3.57 Å². The summed E-state index contributed by atoms with van der Waals surface area (Å²) in [6.07, 6.45) is 4.92. The van der Waals surface area contributed by atoms with Crippen molar-refractivity contribution in [2.75, 3.05) is 0 Å². The third-order valence-corrected chi connectivity index (χ3v) is 2.95. The van der Waals surface area contributed by atoms with E-state index in [1.165, 1.54) is 24.8 Å². The van der Waals surface area contributed by atoms with Crippen molar-refractivity contribution in [3.05, 3.63) is 27.3 Å². The van der Waals surface area contributed by atoms with Crippen LogP contribution in [-0.2, 0) is 6.42 Å². The van der Waals surface area contributed by atoms with Crippen LogP contribution < -0.4 is 0 Å². The molecule has 0 bridgehead atoms. The van der Waals surface area contributed by atoms with Crippen LogP contribution in [0.5, 0.6) is 5.75 Å². The zero-order chi connectivity index (χ0) is 9.68. The Balaban J connectivity index is 2.53. The number of phenols is 1. The van der Waals surface area contributed by atoms with E-state index in [4.69, 9.17) is 0 Å². The highest BCUT2D eigenvalue weighted by Gasteiger charge is 1.98. The van der Waals surface area contributed by atoms with E-state index in [0.29, 0.717) is 5.75 Å². The lowest BCUT2D eigenvalue weighted by Gasteiger charge is -2.02. The van der Waals surface area contributed by atoms with E-state index in [1.807, 2.05) is 6.07 Å². The van der Waals surface area contributed by atoms with Crippen molar-refractivity contribution < 1.29 is 5.11 Å². The number of phenolic OH excluding ortho intramolecular Hbond substituents is 1. The summed E-state index contributed by atoms with van der Waals surface area (Å²) < 4.78 is 0.951. The Labute approximate surface area is 93.3 Å². The molecule has 0 amide bonds. The summed E-state index contributed by atoms with van der Waals surface area (Å²) in [5.74, 6) is 0.389. The van der Waals surface area contributed by atoms with Crippen LogP contribution in [0.3, 0.4) is 0 Å². The predicted molar refractivity (Wildman–Crippen MR) is 64.1 cm³/mol. The summed E-state index contributed by atoms with van der Waals surface area (Å²) in [6, 6.07) is 5.85. The first-order chi connectivity index (χ1) is 6.24. The van der Waals surface area contributed by atoms with Crippen molar-refractivity contribution >= 4 is 22.6 Å². The molecule has 0 saturated heterocycles. The molecule has 0 fully saturated rings. The average molecular weight is 290 g/mol. The summed E-state index contributed by atoms with van der Waals surface area (Å²) >= 11 is 2.16. The topological polar surface area (TPSA) is 20.2 Å². The molecule has 0 atom stereocenters. The van der Waals surface area contributed by atoms with Gasteiger partial charge in [0.15, 0.2) is 0 Å². The van der Waals surface area contributed by atoms with Crippen LogP contribution >= 0.6 is 22.6 Å². The van der Waals surface area contributed by atoms with Gasteiger partial charge in [-0.05, 0) is 53.1 Å². The second-order valence-electron chi connectivity index (χ2n) is 3.24. The van der Waals surface area contributed by atoms with Crippen LogP contribution in [0.1, 0.15) is 31.7 Å². The summed E-state index contributed by atoms with van der Waals surface area (Å²) in [5.41, 5.74) is 1.33. The Bertz CT molecular complexity index is 271. The van der Waals surface area contributed by atoms with Crippen LogP contribution in [0, 0.1) is 3.57 Å². The predicted octanol–water partition coefficient (Wildman–Crippen LogP) is 3.73. The maximum atomic E-state index is 9.31. The van der Waals surface area contributed by atoms with E-state index in [1.54, 1.807) is 6.07 Å². The van der Waals surface area contributed by atoms with Crippen LogP contribution in [0.15, 0.2) is 18.2 Å². The first kappa shape index (κ1) is 10.8. The van der Waals surface area contributed by atoms with Crippen molar-refractivity contribution in [1.82, 2.24) is 0 Å². The monoisotopic (exact) mass is 290 g/mol. The second kappa shape index (κ2) is 5.47. The molecule has 72 valence electrons. The third kappa shape index (κ3) is 3.55. The van der Waals surface area contributed by atoms with Crippen molar-refractivity contribution in [2.45, 2.75) is 32.6 Å². The lowest BCUT2D eigenvalue weighted by molar-refractivity contribution is 0.471. The fourth-order valence-corrected chi connectivity index (χ4v) is 1.86. The molecule has 0 spiro atoms. The number of unbranched alkanes of at least 4 members (excludes halogenated alkanes) is 2. The van der Waals surface area contributed by atoms with E-state index in [0.717, 1.165) is 9.99 Å². The minimum Gasteiger partial charge on any atom is -0.507 e. The van der Waals surface area contributed by atoms with Gasteiger partial charge in [0.25, 0.3) is 0 Å². The number of aromatic hydroxyl groups is 1. The number of rotatable bonds is 4. The molecule has 0 aromatic heterocycles. The summed E-state index contributed by atoms with van der Waals surface area (Å²) in [6.45, 7) is 2.21. The molecule has 1 nitrogen and oxygen atoms in total. The number of aryl methyl sites for hydroxylation is 1. The molecular formula is C11H15IO. The second-order valence-corrected chi connectivity index (χ2v) is 4.41. The molecule has 0 saturated carbocycles. The minimum atomic E-state index is 0.389.